The van der Waals surface area contributed by atoms with Crippen LogP contribution in [0.1, 0.15) is 85.6 Å². The number of nitrogens with zero attached hydrogens (tertiary/aromatic N) is 5. The van der Waals surface area contributed by atoms with Crippen LogP contribution in [0.4, 0.5) is 5.82 Å². The van der Waals surface area contributed by atoms with E-state index >= 15 is 0 Å². The molecule has 1 aliphatic rings. The topological polar surface area (TPSA) is 166 Å². The molecular formula is C36H46N8O5. The van der Waals surface area contributed by atoms with E-state index in [9.17, 15) is 19.2 Å². The molecule has 5 rings (SSSR count). The molecule has 49 heavy (non-hydrogen) atoms. The Balaban J connectivity index is 1.24. The highest BCUT2D eigenvalue weighted by atomic mass is 16.5. The fourth-order valence-electron chi connectivity index (χ4n) is 6.33. The monoisotopic (exact) mass is 670 g/mol. The van der Waals surface area contributed by atoms with Gasteiger partial charge in [-0.1, -0.05) is 12.8 Å². The van der Waals surface area contributed by atoms with Crippen LogP contribution in [0.15, 0.2) is 47.5 Å². The summed E-state index contributed by atoms with van der Waals surface area (Å²) in [6.07, 6.45) is 7.49. The Morgan fingerprint density at radius 3 is 2.33 bits per heavy atom. The Labute approximate surface area is 285 Å². The van der Waals surface area contributed by atoms with Gasteiger partial charge in [0.25, 0.3) is 11.5 Å². The van der Waals surface area contributed by atoms with Crippen molar-refractivity contribution in [3.05, 3.63) is 75.5 Å². The molecule has 0 radical (unpaired) electrons. The molecule has 13 heteroatoms. The van der Waals surface area contributed by atoms with Gasteiger partial charge in [0.15, 0.2) is 0 Å². The highest BCUT2D eigenvalue weighted by molar-refractivity contribution is 6.08. The van der Waals surface area contributed by atoms with E-state index in [0.717, 1.165) is 58.4 Å². The van der Waals surface area contributed by atoms with Gasteiger partial charge in [0, 0.05) is 80.0 Å². The number of nitrogens with one attached hydrogen (secondary N) is 3. The third kappa shape index (κ3) is 8.52. The molecule has 0 saturated carbocycles. The zero-order chi connectivity index (χ0) is 35.1. The summed E-state index contributed by atoms with van der Waals surface area (Å²) >= 11 is 0. The number of carbonyl (C=O) groups is 3. The molecule has 4 aromatic rings. The van der Waals surface area contributed by atoms with Crippen molar-refractivity contribution < 1.29 is 19.6 Å². The fourth-order valence-corrected chi connectivity index (χ4v) is 6.33. The number of aromatic amines is 1. The molecule has 1 aromatic carbocycles. The van der Waals surface area contributed by atoms with E-state index in [-0.39, 0.29) is 42.3 Å². The number of unbranched alkanes of at least 4 members (excludes halogenated alkanes) is 3. The first-order chi connectivity index (χ1) is 23.5. The number of piperazine rings is 1. The van der Waals surface area contributed by atoms with Crippen molar-refractivity contribution >= 4 is 34.4 Å². The van der Waals surface area contributed by atoms with Crippen LogP contribution in [-0.2, 0) is 16.1 Å². The maximum Gasteiger partial charge on any atom is 0.253 e. The van der Waals surface area contributed by atoms with Crippen molar-refractivity contribution in [1.82, 2.24) is 35.4 Å². The summed E-state index contributed by atoms with van der Waals surface area (Å²) < 4.78 is 1.89. The Bertz CT molecular complexity index is 1860. The van der Waals surface area contributed by atoms with Gasteiger partial charge in [-0.2, -0.15) is 5.10 Å². The molecule has 0 spiro atoms. The lowest BCUT2D eigenvalue weighted by Crippen LogP contribution is -2.49. The van der Waals surface area contributed by atoms with E-state index in [1.165, 1.54) is 0 Å². The van der Waals surface area contributed by atoms with Gasteiger partial charge in [-0.15, -0.1) is 0 Å². The summed E-state index contributed by atoms with van der Waals surface area (Å²) in [5, 5.41) is 16.8. The molecule has 260 valence electrons. The second kappa shape index (κ2) is 15.9. The lowest BCUT2D eigenvalue weighted by Gasteiger charge is -2.35. The van der Waals surface area contributed by atoms with Crippen molar-refractivity contribution in [1.29, 1.82) is 0 Å². The van der Waals surface area contributed by atoms with E-state index in [1.807, 2.05) is 73.8 Å². The van der Waals surface area contributed by atoms with Gasteiger partial charge < -0.3 is 20.1 Å². The minimum absolute atomic E-state index is 0.0792. The predicted octanol–water partition coefficient (Wildman–Crippen LogP) is 4.41. The van der Waals surface area contributed by atoms with Gasteiger partial charge in [0.2, 0.25) is 11.8 Å². The minimum Gasteiger partial charge on any atom is -0.353 e. The Kier molecular flexibility index (Phi) is 11.4. The van der Waals surface area contributed by atoms with Gasteiger partial charge in [-0.25, -0.2) is 10.5 Å². The number of fused-ring (bicyclic) bond motifs is 1. The van der Waals surface area contributed by atoms with E-state index in [2.05, 4.69) is 20.3 Å². The van der Waals surface area contributed by atoms with Crippen LogP contribution >= 0.6 is 0 Å². The van der Waals surface area contributed by atoms with Crippen molar-refractivity contribution in [3.8, 4) is 11.1 Å². The number of benzene rings is 1. The summed E-state index contributed by atoms with van der Waals surface area (Å²) in [7, 11) is 0. The first-order valence-electron chi connectivity index (χ1n) is 17.0. The molecule has 3 aromatic heterocycles. The average Bonchev–Trinajstić information content (AvgIpc) is 3.53. The second-order valence-electron chi connectivity index (χ2n) is 13.0. The van der Waals surface area contributed by atoms with E-state index < -0.39 is 0 Å². The predicted molar refractivity (Wildman–Crippen MR) is 187 cm³/mol. The summed E-state index contributed by atoms with van der Waals surface area (Å²) in [5.74, 6) is 0.299. The van der Waals surface area contributed by atoms with Crippen molar-refractivity contribution in [3.63, 3.8) is 0 Å². The number of pyridine rings is 2. The van der Waals surface area contributed by atoms with Crippen molar-refractivity contribution in [2.24, 2.45) is 0 Å². The molecule has 1 aliphatic heterocycles. The maximum absolute atomic E-state index is 13.6. The van der Waals surface area contributed by atoms with Gasteiger partial charge in [-0.3, -0.25) is 29.1 Å². The number of carbonyl (C=O) groups excluding carboxylic acids is 3. The lowest BCUT2D eigenvalue weighted by atomic mass is 10.0. The first-order valence-corrected chi connectivity index (χ1v) is 17.0. The Hall–Kier alpha value is -5.04. The number of aromatic nitrogens is 4. The number of rotatable bonds is 13. The number of hydrogen-bond acceptors (Lipinski definition) is 8. The van der Waals surface area contributed by atoms with E-state index in [4.69, 9.17) is 10.2 Å². The average molecular weight is 671 g/mol. The molecule has 13 nitrogen and oxygen atoms in total. The molecule has 0 aliphatic carbocycles. The second-order valence-corrected chi connectivity index (χ2v) is 13.0. The van der Waals surface area contributed by atoms with Crippen LogP contribution in [0.2, 0.25) is 0 Å². The number of H-pyrrole nitrogens is 1. The molecule has 1 fully saturated rings. The summed E-state index contributed by atoms with van der Waals surface area (Å²) in [4.78, 5) is 61.7. The number of hydroxylamine groups is 1. The number of anilines is 1. The zero-order valence-corrected chi connectivity index (χ0v) is 28.7. The standard InChI is InChI=1S/C36H46N8O5/c1-23(2)44-31-19-27(18-28(30(31)22-39-44)35(47)38-21-29-24(3)17-25(4)40-36(29)48)26-11-12-32(37-20-26)42-13-15-43(16-14-42)34(46)10-8-6-5-7-9-33(45)41-49/h11-12,17-20,22-23,49H,5-10,13-16,21H2,1-4H3,(H,38,47)(H,40,48)(H,41,45). The van der Waals surface area contributed by atoms with E-state index in [0.29, 0.717) is 50.1 Å². The third-order valence-electron chi connectivity index (χ3n) is 9.08. The molecule has 4 heterocycles. The van der Waals surface area contributed by atoms with Crippen LogP contribution in [-0.4, -0.2) is 73.8 Å². The normalized spacial score (nSPS) is 13.3. The molecular weight excluding hydrogens is 624 g/mol. The van der Waals surface area contributed by atoms with Gasteiger partial charge in [0.05, 0.1) is 17.3 Å². The van der Waals surface area contributed by atoms with Crippen LogP contribution in [0.5, 0.6) is 0 Å². The highest BCUT2D eigenvalue weighted by Crippen LogP contribution is 2.30. The first kappa shape index (κ1) is 35.3. The highest BCUT2D eigenvalue weighted by Gasteiger charge is 2.22. The molecule has 3 amide bonds. The van der Waals surface area contributed by atoms with Crippen LogP contribution in [0.25, 0.3) is 22.0 Å². The summed E-state index contributed by atoms with van der Waals surface area (Å²) in [6, 6.07) is 9.82. The Morgan fingerprint density at radius 2 is 1.67 bits per heavy atom. The molecule has 0 unspecified atom stereocenters. The molecule has 0 bridgehead atoms. The maximum atomic E-state index is 13.6. The fraction of sp³-hybridized carbons (Fsp3) is 0.444. The largest absolute Gasteiger partial charge is 0.353 e. The van der Waals surface area contributed by atoms with Crippen molar-refractivity contribution in [2.45, 2.75) is 78.8 Å². The third-order valence-corrected chi connectivity index (χ3v) is 9.08. The van der Waals surface area contributed by atoms with E-state index in [1.54, 1.807) is 11.7 Å². The van der Waals surface area contributed by atoms with Crippen LogP contribution in [0, 0.1) is 13.8 Å². The molecule has 1 saturated heterocycles. The quantitative estimate of drug-likeness (QED) is 0.0923. The SMILES string of the molecule is Cc1cc(C)c(CNC(=O)c2cc(-c3ccc(N4CCN(C(=O)CCCCCCC(=O)NO)CC4)nc3)cc3c2cnn3C(C)C)c(=O)[nH]1. The van der Waals surface area contributed by atoms with Gasteiger partial charge >= 0.3 is 0 Å². The minimum atomic E-state index is -0.381. The molecule has 0 atom stereocenters. The lowest BCUT2D eigenvalue weighted by molar-refractivity contribution is -0.132. The van der Waals surface area contributed by atoms with Crippen LogP contribution in [0.3, 0.4) is 0 Å². The number of amides is 3. The van der Waals surface area contributed by atoms with Crippen LogP contribution < -0.4 is 21.3 Å². The Morgan fingerprint density at radius 1 is 0.939 bits per heavy atom. The van der Waals surface area contributed by atoms with Crippen molar-refractivity contribution in [2.75, 3.05) is 31.1 Å². The number of aryl methyl sites for hydroxylation is 2. The summed E-state index contributed by atoms with van der Waals surface area (Å²) in [5.41, 5.74) is 6.53. The summed E-state index contributed by atoms with van der Waals surface area (Å²) in [6.45, 7) is 10.5. The number of hydrogen-bond donors (Lipinski definition) is 4. The van der Waals surface area contributed by atoms with Gasteiger partial charge in [0.1, 0.15) is 5.82 Å². The smallest absolute Gasteiger partial charge is 0.253 e. The molecule has 4 N–H and O–H groups in total. The van der Waals surface area contributed by atoms with Gasteiger partial charge in [-0.05, 0) is 82.0 Å². The zero-order valence-electron chi connectivity index (χ0n) is 28.7.